The Labute approximate surface area is 130 Å². The number of hydrogen-bond acceptors (Lipinski definition) is 3. The number of aromatic nitrogens is 1. The van der Waals surface area contributed by atoms with Gasteiger partial charge in [-0.1, -0.05) is 35.5 Å². The normalized spacial score (nSPS) is 11.5. The molecule has 6 heteroatoms. The van der Waals surface area contributed by atoms with Crippen molar-refractivity contribution in [1.29, 1.82) is 0 Å². The Bertz CT molecular complexity index is 793. The van der Waals surface area contributed by atoms with E-state index in [1.165, 1.54) is 19.2 Å². The van der Waals surface area contributed by atoms with Crippen LogP contribution in [0.2, 0.25) is 0 Å². The minimum atomic E-state index is -4.58. The molecular weight excluding hydrogens is 307 g/mol. The molecule has 1 aromatic heterocycles. The number of nitrogens with zero attached hydrogens (tertiary/aromatic N) is 1. The third-order valence-electron chi connectivity index (χ3n) is 3.37. The van der Waals surface area contributed by atoms with Gasteiger partial charge in [-0.05, 0) is 24.3 Å². The molecule has 23 heavy (non-hydrogen) atoms. The van der Waals surface area contributed by atoms with Gasteiger partial charge < -0.3 is 9.26 Å². The zero-order valence-corrected chi connectivity index (χ0v) is 12.1. The summed E-state index contributed by atoms with van der Waals surface area (Å²) in [5.41, 5.74) is -0.482. The molecule has 0 saturated carbocycles. The van der Waals surface area contributed by atoms with E-state index in [1.54, 1.807) is 42.5 Å². The summed E-state index contributed by atoms with van der Waals surface area (Å²) in [4.78, 5) is 0. The molecule has 3 aromatic rings. The van der Waals surface area contributed by atoms with Crippen molar-refractivity contribution in [1.82, 2.24) is 5.16 Å². The molecule has 0 amide bonds. The summed E-state index contributed by atoms with van der Waals surface area (Å²) >= 11 is 0. The van der Waals surface area contributed by atoms with Crippen molar-refractivity contribution in [2.24, 2.45) is 0 Å². The zero-order chi connectivity index (χ0) is 16.4. The van der Waals surface area contributed by atoms with Crippen molar-refractivity contribution in [2.45, 2.75) is 6.18 Å². The predicted molar refractivity (Wildman–Crippen MR) is 78.9 cm³/mol. The quantitative estimate of drug-likeness (QED) is 0.678. The lowest BCUT2D eigenvalue weighted by atomic mass is 10.0. The van der Waals surface area contributed by atoms with Crippen molar-refractivity contribution < 1.29 is 22.4 Å². The van der Waals surface area contributed by atoms with Crippen LogP contribution in [0.4, 0.5) is 13.2 Å². The standard InChI is InChI=1S/C17H12F3NO2/c1-22-13-9-7-11(8-10-13)15-14(17(18,19)20)16(23-21-15)12-5-3-2-4-6-12/h2-10H,1H3. The number of alkyl halides is 3. The molecule has 0 atom stereocenters. The molecule has 0 unspecified atom stereocenters. The number of rotatable bonds is 3. The third kappa shape index (κ3) is 2.92. The van der Waals surface area contributed by atoms with Gasteiger partial charge in [0.1, 0.15) is 17.0 Å². The Kier molecular flexibility index (Phi) is 3.82. The highest BCUT2D eigenvalue weighted by Crippen LogP contribution is 2.43. The van der Waals surface area contributed by atoms with Gasteiger partial charge in [0, 0.05) is 11.1 Å². The van der Waals surface area contributed by atoms with Gasteiger partial charge >= 0.3 is 6.18 Å². The van der Waals surface area contributed by atoms with Gasteiger partial charge in [-0.2, -0.15) is 13.2 Å². The highest BCUT2D eigenvalue weighted by atomic mass is 19.4. The van der Waals surface area contributed by atoms with E-state index in [-0.39, 0.29) is 11.5 Å². The van der Waals surface area contributed by atoms with Gasteiger partial charge in [0.15, 0.2) is 5.76 Å². The van der Waals surface area contributed by atoms with Crippen molar-refractivity contribution in [3.63, 3.8) is 0 Å². The molecule has 1 heterocycles. The number of halogens is 3. The number of methoxy groups -OCH3 is 1. The van der Waals surface area contributed by atoms with Crippen molar-refractivity contribution >= 4 is 0 Å². The summed E-state index contributed by atoms with van der Waals surface area (Å²) in [7, 11) is 1.49. The van der Waals surface area contributed by atoms with Crippen LogP contribution < -0.4 is 4.74 Å². The lowest BCUT2D eigenvalue weighted by Gasteiger charge is -2.08. The average Bonchev–Trinajstić information content (AvgIpc) is 3.01. The maximum atomic E-state index is 13.5. The summed E-state index contributed by atoms with van der Waals surface area (Å²) in [5.74, 6) is 0.262. The minimum Gasteiger partial charge on any atom is -0.497 e. The molecule has 0 radical (unpaired) electrons. The van der Waals surface area contributed by atoms with E-state index in [0.717, 1.165) is 0 Å². The summed E-state index contributed by atoms with van der Waals surface area (Å²) in [5, 5.41) is 3.65. The van der Waals surface area contributed by atoms with E-state index >= 15 is 0 Å². The van der Waals surface area contributed by atoms with Gasteiger partial charge in [-0.25, -0.2) is 0 Å². The molecule has 0 saturated heterocycles. The zero-order valence-electron chi connectivity index (χ0n) is 12.1. The second kappa shape index (κ2) is 5.79. The molecule has 0 spiro atoms. The Balaban J connectivity index is 2.16. The first-order valence-electron chi connectivity index (χ1n) is 6.77. The Morgan fingerprint density at radius 2 is 1.57 bits per heavy atom. The fourth-order valence-corrected chi connectivity index (χ4v) is 2.29. The van der Waals surface area contributed by atoms with Crippen LogP contribution in [0.25, 0.3) is 22.6 Å². The SMILES string of the molecule is COc1ccc(-c2noc(-c3ccccc3)c2C(F)(F)F)cc1. The minimum absolute atomic E-state index is 0.237. The number of hydrogen-bond donors (Lipinski definition) is 0. The Morgan fingerprint density at radius 3 is 2.13 bits per heavy atom. The second-order valence-electron chi connectivity index (χ2n) is 4.83. The Hall–Kier alpha value is -2.76. The fraction of sp³-hybridized carbons (Fsp3) is 0.118. The van der Waals surface area contributed by atoms with E-state index < -0.39 is 11.7 Å². The molecule has 2 aromatic carbocycles. The van der Waals surface area contributed by atoms with Crippen LogP contribution in [-0.2, 0) is 6.18 Å². The molecule has 3 nitrogen and oxygen atoms in total. The largest absolute Gasteiger partial charge is 0.497 e. The third-order valence-corrected chi connectivity index (χ3v) is 3.37. The van der Waals surface area contributed by atoms with E-state index in [0.29, 0.717) is 16.9 Å². The average molecular weight is 319 g/mol. The van der Waals surface area contributed by atoms with E-state index in [9.17, 15) is 13.2 Å². The maximum absolute atomic E-state index is 13.5. The highest BCUT2D eigenvalue weighted by molar-refractivity contribution is 5.73. The van der Waals surface area contributed by atoms with E-state index in [2.05, 4.69) is 5.16 Å². The lowest BCUT2D eigenvalue weighted by molar-refractivity contribution is -0.136. The van der Waals surface area contributed by atoms with Gasteiger partial charge in [-0.3, -0.25) is 0 Å². The molecule has 0 aliphatic rings. The molecule has 0 aliphatic heterocycles. The molecule has 0 bridgehead atoms. The second-order valence-corrected chi connectivity index (χ2v) is 4.83. The molecule has 0 fully saturated rings. The first kappa shape index (κ1) is 15.1. The molecule has 0 N–H and O–H groups in total. The summed E-state index contributed by atoms with van der Waals surface area (Å²) in [6.07, 6.45) is -4.58. The number of benzene rings is 2. The van der Waals surface area contributed by atoms with Crippen LogP contribution >= 0.6 is 0 Å². The predicted octanol–water partition coefficient (Wildman–Crippen LogP) is 5.04. The van der Waals surface area contributed by atoms with E-state index in [1.807, 2.05) is 0 Å². The smallest absolute Gasteiger partial charge is 0.422 e. The van der Waals surface area contributed by atoms with Gasteiger partial charge in [0.05, 0.1) is 7.11 Å². The van der Waals surface area contributed by atoms with Crippen molar-refractivity contribution in [3.8, 4) is 28.3 Å². The van der Waals surface area contributed by atoms with Gasteiger partial charge in [0.2, 0.25) is 0 Å². The molecular formula is C17H12F3NO2. The maximum Gasteiger partial charge on any atom is 0.422 e. The van der Waals surface area contributed by atoms with Crippen LogP contribution in [0, 0.1) is 0 Å². The van der Waals surface area contributed by atoms with E-state index in [4.69, 9.17) is 9.26 Å². The molecule has 3 rings (SSSR count). The fourth-order valence-electron chi connectivity index (χ4n) is 2.29. The van der Waals surface area contributed by atoms with Crippen LogP contribution in [0.3, 0.4) is 0 Å². The van der Waals surface area contributed by atoms with Gasteiger partial charge in [0.25, 0.3) is 0 Å². The molecule has 0 aliphatic carbocycles. The summed E-state index contributed by atoms with van der Waals surface area (Å²) < 4.78 is 50.6. The first-order chi connectivity index (χ1) is 11.0. The van der Waals surface area contributed by atoms with Crippen LogP contribution in [-0.4, -0.2) is 12.3 Å². The first-order valence-corrected chi connectivity index (χ1v) is 6.77. The Morgan fingerprint density at radius 1 is 0.913 bits per heavy atom. The van der Waals surface area contributed by atoms with Crippen LogP contribution in [0.5, 0.6) is 5.75 Å². The molecule has 118 valence electrons. The van der Waals surface area contributed by atoms with Crippen molar-refractivity contribution in [2.75, 3.05) is 7.11 Å². The lowest BCUT2D eigenvalue weighted by Crippen LogP contribution is -2.07. The van der Waals surface area contributed by atoms with Crippen LogP contribution in [0.1, 0.15) is 5.56 Å². The summed E-state index contributed by atoms with van der Waals surface area (Å²) in [6, 6.07) is 14.3. The topological polar surface area (TPSA) is 35.3 Å². The van der Waals surface area contributed by atoms with Crippen molar-refractivity contribution in [3.05, 3.63) is 60.2 Å². The van der Waals surface area contributed by atoms with Gasteiger partial charge in [-0.15, -0.1) is 0 Å². The monoisotopic (exact) mass is 319 g/mol. The number of ether oxygens (including phenoxy) is 1. The summed E-state index contributed by atoms with van der Waals surface area (Å²) in [6.45, 7) is 0. The van der Waals surface area contributed by atoms with Crippen LogP contribution in [0.15, 0.2) is 59.1 Å². The highest BCUT2D eigenvalue weighted by Gasteiger charge is 2.41.